The molecule has 0 spiro atoms. The molecular weight excluding hydrogens is 384 g/mol. The largest absolute Gasteiger partial charge is 0.495 e. The SMILES string of the molecule is COc1ccc(C)cc1NC(=O)/C(C#N)=C/c1ccc(-c2ccccc2C(=O)O)o1. The summed E-state index contributed by atoms with van der Waals surface area (Å²) in [6.07, 6.45) is 1.30. The molecule has 0 saturated carbocycles. The van der Waals surface area contributed by atoms with Crippen molar-refractivity contribution in [2.45, 2.75) is 6.92 Å². The quantitative estimate of drug-likeness (QED) is 0.463. The van der Waals surface area contributed by atoms with Gasteiger partial charge in [0.05, 0.1) is 18.4 Å². The summed E-state index contributed by atoms with van der Waals surface area (Å²) < 4.78 is 10.9. The zero-order valence-electron chi connectivity index (χ0n) is 16.3. The van der Waals surface area contributed by atoms with Crippen LogP contribution >= 0.6 is 0 Å². The molecule has 0 unspecified atom stereocenters. The molecule has 1 heterocycles. The highest BCUT2D eigenvalue weighted by molar-refractivity contribution is 6.10. The molecular formula is C23H18N2O5. The lowest BCUT2D eigenvalue weighted by Crippen LogP contribution is -2.14. The Balaban J connectivity index is 1.88. The molecule has 3 aromatic rings. The molecule has 0 aliphatic heterocycles. The normalized spacial score (nSPS) is 10.9. The number of ether oxygens (including phenoxy) is 1. The van der Waals surface area contributed by atoms with Crippen LogP contribution in [0, 0.1) is 18.3 Å². The van der Waals surface area contributed by atoms with Crippen LogP contribution in [0.2, 0.25) is 0 Å². The molecule has 2 N–H and O–H groups in total. The van der Waals surface area contributed by atoms with Gasteiger partial charge < -0.3 is 19.6 Å². The third kappa shape index (κ3) is 4.39. The monoisotopic (exact) mass is 402 g/mol. The third-order valence-electron chi connectivity index (χ3n) is 4.30. The first-order chi connectivity index (χ1) is 14.4. The number of nitriles is 1. The molecule has 3 rings (SSSR count). The number of furan rings is 1. The van der Waals surface area contributed by atoms with Gasteiger partial charge in [-0.1, -0.05) is 24.3 Å². The van der Waals surface area contributed by atoms with Crippen LogP contribution in [-0.2, 0) is 4.79 Å². The maximum atomic E-state index is 12.6. The van der Waals surface area contributed by atoms with Crippen LogP contribution in [-0.4, -0.2) is 24.1 Å². The van der Waals surface area contributed by atoms with Crippen molar-refractivity contribution in [3.63, 3.8) is 0 Å². The molecule has 0 bridgehead atoms. The topological polar surface area (TPSA) is 113 Å². The Hall–Kier alpha value is -4.31. The number of carboxylic acid groups (broad SMARTS) is 1. The highest BCUT2D eigenvalue weighted by Crippen LogP contribution is 2.28. The fourth-order valence-corrected chi connectivity index (χ4v) is 2.86. The second-order valence-corrected chi connectivity index (χ2v) is 6.38. The number of benzene rings is 2. The Labute approximate surface area is 172 Å². The summed E-state index contributed by atoms with van der Waals surface area (Å²) in [5.41, 5.74) is 1.68. The number of carbonyl (C=O) groups is 2. The Morgan fingerprint density at radius 1 is 1.17 bits per heavy atom. The molecule has 0 aliphatic rings. The van der Waals surface area contributed by atoms with Crippen LogP contribution in [0.5, 0.6) is 5.75 Å². The Morgan fingerprint density at radius 3 is 2.63 bits per heavy atom. The summed E-state index contributed by atoms with van der Waals surface area (Å²) in [6, 6.07) is 16.7. The molecule has 1 amide bonds. The number of rotatable bonds is 6. The number of carbonyl (C=O) groups excluding carboxylic acids is 1. The number of aryl methyl sites for hydroxylation is 1. The molecule has 1 aromatic heterocycles. The highest BCUT2D eigenvalue weighted by atomic mass is 16.5. The Kier molecular flexibility index (Phi) is 5.99. The van der Waals surface area contributed by atoms with Crippen molar-refractivity contribution in [3.05, 3.63) is 77.1 Å². The summed E-state index contributed by atoms with van der Waals surface area (Å²) in [5, 5.41) is 21.4. The predicted molar refractivity (Wildman–Crippen MR) is 111 cm³/mol. The summed E-state index contributed by atoms with van der Waals surface area (Å²) in [6.45, 7) is 1.87. The van der Waals surface area contributed by atoms with E-state index in [0.717, 1.165) is 5.56 Å². The van der Waals surface area contributed by atoms with Gasteiger partial charge in [0.2, 0.25) is 0 Å². The predicted octanol–water partition coefficient (Wildman–Crippen LogP) is 4.51. The zero-order valence-corrected chi connectivity index (χ0v) is 16.3. The number of hydrogen-bond acceptors (Lipinski definition) is 5. The average molecular weight is 402 g/mol. The van der Waals surface area contributed by atoms with Crippen molar-refractivity contribution in [2.75, 3.05) is 12.4 Å². The van der Waals surface area contributed by atoms with E-state index in [1.807, 2.05) is 19.1 Å². The van der Waals surface area contributed by atoms with Gasteiger partial charge in [-0.2, -0.15) is 5.26 Å². The van der Waals surface area contributed by atoms with Gasteiger partial charge in [0, 0.05) is 11.6 Å². The maximum absolute atomic E-state index is 12.6. The number of anilines is 1. The zero-order chi connectivity index (χ0) is 21.7. The smallest absolute Gasteiger partial charge is 0.336 e. The van der Waals surface area contributed by atoms with Crippen molar-refractivity contribution < 1.29 is 23.8 Å². The second kappa shape index (κ2) is 8.80. The minimum absolute atomic E-state index is 0.0900. The Bertz CT molecular complexity index is 1180. The molecule has 0 radical (unpaired) electrons. The summed E-state index contributed by atoms with van der Waals surface area (Å²) in [4.78, 5) is 24.0. The standard InChI is InChI=1S/C23H18N2O5/c1-14-7-9-21(29-2)19(11-14)25-22(26)15(13-24)12-16-8-10-20(30-16)17-5-3-4-6-18(17)23(27)28/h3-12H,1-2H3,(H,25,26)(H,27,28)/b15-12+. The molecule has 7 heteroatoms. The summed E-state index contributed by atoms with van der Waals surface area (Å²) >= 11 is 0. The lowest BCUT2D eigenvalue weighted by atomic mass is 10.1. The minimum Gasteiger partial charge on any atom is -0.495 e. The van der Waals surface area contributed by atoms with Gasteiger partial charge in [-0.3, -0.25) is 4.79 Å². The summed E-state index contributed by atoms with van der Waals surface area (Å²) in [5.74, 6) is -0.671. The van der Waals surface area contributed by atoms with E-state index in [4.69, 9.17) is 9.15 Å². The van der Waals surface area contributed by atoms with Crippen LogP contribution in [0.3, 0.4) is 0 Å². The fourth-order valence-electron chi connectivity index (χ4n) is 2.86. The molecule has 0 fully saturated rings. The van der Waals surface area contributed by atoms with E-state index in [1.54, 1.807) is 42.5 Å². The average Bonchev–Trinajstić information content (AvgIpc) is 3.20. The molecule has 30 heavy (non-hydrogen) atoms. The lowest BCUT2D eigenvalue weighted by Gasteiger charge is -2.10. The van der Waals surface area contributed by atoms with E-state index in [9.17, 15) is 20.0 Å². The van der Waals surface area contributed by atoms with Crippen LogP contribution < -0.4 is 10.1 Å². The molecule has 7 nitrogen and oxygen atoms in total. The number of amides is 1. The van der Waals surface area contributed by atoms with E-state index in [2.05, 4.69) is 5.32 Å². The van der Waals surface area contributed by atoms with Crippen LogP contribution in [0.15, 0.2) is 64.6 Å². The van der Waals surface area contributed by atoms with Crippen molar-refractivity contribution in [1.82, 2.24) is 0 Å². The van der Waals surface area contributed by atoms with Gasteiger partial charge in [-0.15, -0.1) is 0 Å². The van der Waals surface area contributed by atoms with Gasteiger partial charge in [0.1, 0.15) is 28.9 Å². The maximum Gasteiger partial charge on any atom is 0.336 e. The lowest BCUT2D eigenvalue weighted by molar-refractivity contribution is -0.112. The van der Waals surface area contributed by atoms with E-state index >= 15 is 0 Å². The third-order valence-corrected chi connectivity index (χ3v) is 4.30. The molecule has 0 aliphatic carbocycles. The highest BCUT2D eigenvalue weighted by Gasteiger charge is 2.16. The number of nitrogens with one attached hydrogen (secondary N) is 1. The van der Waals surface area contributed by atoms with Gasteiger partial charge in [-0.25, -0.2) is 4.79 Å². The second-order valence-electron chi connectivity index (χ2n) is 6.38. The van der Waals surface area contributed by atoms with Crippen molar-refractivity contribution in [2.24, 2.45) is 0 Å². The van der Waals surface area contributed by atoms with E-state index in [-0.39, 0.29) is 16.9 Å². The number of carboxylic acids is 1. The van der Waals surface area contributed by atoms with E-state index in [0.29, 0.717) is 22.8 Å². The molecule has 2 aromatic carbocycles. The van der Waals surface area contributed by atoms with Crippen molar-refractivity contribution in [1.29, 1.82) is 5.26 Å². The van der Waals surface area contributed by atoms with Gasteiger partial charge in [0.15, 0.2) is 0 Å². The fraction of sp³-hybridized carbons (Fsp3) is 0.0870. The van der Waals surface area contributed by atoms with Gasteiger partial charge in [-0.05, 0) is 42.8 Å². The Morgan fingerprint density at radius 2 is 1.93 bits per heavy atom. The first-order valence-electron chi connectivity index (χ1n) is 8.93. The van der Waals surface area contributed by atoms with Crippen LogP contribution in [0.1, 0.15) is 21.7 Å². The number of nitrogens with zero attached hydrogens (tertiary/aromatic N) is 1. The summed E-state index contributed by atoms with van der Waals surface area (Å²) in [7, 11) is 1.49. The van der Waals surface area contributed by atoms with E-state index < -0.39 is 11.9 Å². The van der Waals surface area contributed by atoms with Crippen LogP contribution in [0.4, 0.5) is 5.69 Å². The van der Waals surface area contributed by atoms with Gasteiger partial charge >= 0.3 is 5.97 Å². The van der Waals surface area contributed by atoms with E-state index in [1.165, 1.54) is 19.3 Å². The first kappa shape index (κ1) is 20.4. The number of methoxy groups -OCH3 is 1. The van der Waals surface area contributed by atoms with Crippen molar-refractivity contribution >= 4 is 23.6 Å². The molecule has 150 valence electrons. The number of hydrogen-bond donors (Lipinski definition) is 2. The number of aromatic carboxylic acids is 1. The van der Waals surface area contributed by atoms with Gasteiger partial charge in [0.25, 0.3) is 5.91 Å². The van der Waals surface area contributed by atoms with Crippen LogP contribution in [0.25, 0.3) is 17.4 Å². The first-order valence-corrected chi connectivity index (χ1v) is 8.93. The minimum atomic E-state index is -1.08. The molecule has 0 atom stereocenters. The molecule has 0 saturated heterocycles. The van der Waals surface area contributed by atoms with Crippen molar-refractivity contribution in [3.8, 4) is 23.1 Å².